The molecule has 0 saturated carbocycles. The number of hydrogen-bond donors (Lipinski definition) is 2. The third-order valence-corrected chi connectivity index (χ3v) is 4.60. The van der Waals surface area contributed by atoms with Crippen molar-refractivity contribution in [2.75, 3.05) is 45.8 Å². The number of carbonyl (C=O) groups is 1. The van der Waals surface area contributed by atoms with Gasteiger partial charge in [0.05, 0.1) is 6.54 Å². The second kappa shape index (κ2) is 12.9. The molecule has 0 radical (unpaired) electrons. The first-order valence-electron chi connectivity index (χ1n) is 9.94. The summed E-state index contributed by atoms with van der Waals surface area (Å²) >= 11 is 0. The van der Waals surface area contributed by atoms with E-state index in [1.54, 1.807) is 0 Å². The summed E-state index contributed by atoms with van der Waals surface area (Å²) in [6.07, 6.45) is 4.66. The van der Waals surface area contributed by atoms with E-state index in [4.69, 9.17) is 4.99 Å². The van der Waals surface area contributed by atoms with Crippen molar-refractivity contribution in [1.82, 2.24) is 25.4 Å². The van der Waals surface area contributed by atoms with E-state index >= 15 is 0 Å². The van der Waals surface area contributed by atoms with Gasteiger partial charge in [0.2, 0.25) is 5.91 Å². The molecule has 8 heteroatoms. The number of halogens is 1. The van der Waals surface area contributed by atoms with Crippen LogP contribution in [0.5, 0.6) is 0 Å². The highest BCUT2D eigenvalue weighted by Crippen LogP contribution is 2.07. The number of aryl methyl sites for hydroxylation is 1. The number of aliphatic imine (C=N–C) groups is 1. The van der Waals surface area contributed by atoms with Crippen molar-refractivity contribution in [2.45, 2.75) is 40.2 Å². The molecule has 1 aromatic heterocycles. The van der Waals surface area contributed by atoms with Crippen LogP contribution in [-0.2, 0) is 11.2 Å². The van der Waals surface area contributed by atoms with Crippen molar-refractivity contribution < 1.29 is 4.79 Å². The number of piperazine rings is 1. The van der Waals surface area contributed by atoms with Crippen molar-refractivity contribution in [3.05, 3.63) is 29.6 Å². The monoisotopic (exact) mass is 502 g/mol. The van der Waals surface area contributed by atoms with Gasteiger partial charge in [0.25, 0.3) is 0 Å². The summed E-state index contributed by atoms with van der Waals surface area (Å²) in [5.41, 5.74) is 2.51. The molecule has 1 amide bonds. The molecule has 1 saturated heterocycles. The number of pyridine rings is 1. The van der Waals surface area contributed by atoms with Gasteiger partial charge in [-0.15, -0.1) is 24.0 Å². The number of hydrogen-bond acceptors (Lipinski definition) is 4. The van der Waals surface area contributed by atoms with Gasteiger partial charge in [-0.05, 0) is 51.3 Å². The van der Waals surface area contributed by atoms with Gasteiger partial charge < -0.3 is 15.5 Å². The van der Waals surface area contributed by atoms with Gasteiger partial charge >= 0.3 is 0 Å². The van der Waals surface area contributed by atoms with Crippen LogP contribution < -0.4 is 10.6 Å². The lowest BCUT2D eigenvalue weighted by Gasteiger charge is -2.36. The largest absolute Gasteiger partial charge is 0.357 e. The molecule has 2 rings (SSSR count). The fraction of sp³-hybridized carbons (Fsp3) is 0.650. The van der Waals surface area contributed by atoms with E-state index in [1.165, 1.54) is 11.1 Å². The molecule has 2 N–H and O–H groups in total. The van der Waals surface area contributed by atoms with Gasteiger partial charge in [-0.25, -0.2) is 0 Å². The lowest BCUT2D eigenvalue weighted by molar-refractivity contribution is -0.123. The maximum atomic E-state index is 11.9. The Morgan fingerprint density at radius 1 is 1.29 bits per heavy atom. The van der Waals surface area contributed by atoms with E-state index in [1.807, 2.05) is 26.2 Å². The van der Waals surface area contributed by atoms with Crippen LogP contribution in [0.2, 0.25) is 0 Å². The third-order valence-electron chi connectivity index (χ3n) is 4.60. The first-order valence-corrected chi connectivity index (χ1v) is 9.94. The highest BCUT2D eigenvalue weighted by molar-refractivity contribution is 14.0. The first-order chi connectivity index (χ1) is 13.0. The van der Waals surface area contributed by atoms with E-state index in [0.717, 1.165) is 51.6 Å². The number of nitrogens with zero attached hydrogens (tertiary/aromatic N) is 4. The number of rotatable bonds is 7. The second-order valence-corrected chi connectivity index (χ2v) is 7.27. The first kappa shape index (κ1) is 24.6. The van der Waals surface area contributed by atoms with Gasteiger partial charge in [0, 0.05) is 57.7 Å². The minimum absolute atomic E-state index is 0. The summed E-state index contributed by atoms with van der Waals surface area (Å²) in [5.74, 6) is 1.07. The number of guanidine groups is 1. The van der Waals surface area contributed by atoms with Gasteiger partial charge in [-0.3, -0.25) is 19.7 Å². The maximum Gasteiger partial charge on any atom is 0.234 e. The summed E-state index contributed by atoms with van der Waals surface area (Å²) in [7, 11) is 0. The standard InChI is InChI=1S/C20H34N6O.HI/c1-5-22-20(23-9-7-18-6-8-21-14-17(18)4)26-12-10-25(11-13-26)15-19(27)24-16(2)3;/h6,8,14,16H,5,7,9-13,15H2,1-4H3,(H,22,23)(H,24,27);1H. The van der Waals surface area contributed by atoms with Gasteiger partial charge in [0.1, 0.15) is 0 Å². The zero-order valence-corrected chi connectivity index (χ0v) is 19.9. The third kappa shape index (κ3) is 8.30. The normalized spacial score (nSPS) is 15.3. The van der Waals surface area contributed by atoms with E-state index in [2.05, 4.69) is 45.3 Å². The molecule has 0 spiro atoms. The number of nitrogens with one attached hydrogen (secondary N) is 2. The van der Waals surface area contributed by atoms with E-state index in [0.29, 0.717) is 6.54 Å². The lowest BCUT2D eigenvalue weighted by Crippen LogP contribution is -2.54. The molecular weight excluding hydrogens is 467 g/mol. The summed E-state index contributed by atoms with van der Waals surface area (Å²) in [5, 5.41) is 6.36. The quantitative estimate of drug-likeness (QED) is 0.337. The van der Waals surface area contributed by atoms with Crippen LogP contribution in [0.1, 0.15) is 31.9 Å². The van der Waals surface area contributed by atoms with Crippen molar-refractivity contribution in [3.63, 3.8) is 0 Å². The summed E-state index contributed by atoms with van der Waals surface area (Å²) in [4.78, 5) is 25.4. The fourth-order valence-corrected chi connectivity index (χ4v) is 3.18. The Balaban J connectivity index is 0.00000392. The zero-order valence-electron chi connectivity index (χ0n) is 17.6. The van der Waals surface area contributed by atoms with Crippen LogP contribution in [-0.4, -0.2) is 78.5 Å². The molecule has 0 aliphatic carbocycles. The molecular formula is C20H35IN6O. The molecule has 7 nitrogen and oxygen atoms in total. The van der Waals surface area contributed by atoms with Crippen LogP contribution in [0, 0.1) is 6.92 Å². The molecule has 28 heavy (non-hydrogen) atoms. The van der Waals surface area contributed by atoms with Gasteiger partial charge in [-0.2, -0.15) is 0 Å². The van der Waals surface area contributed by atoms with Crippen LogP contribution in [0.15, 0.2) is 23.5 Å². The van der Waals surface area contributed by atoms with Gasteiger partial charge in [-0.1, -0.05) is 0 Å². The van der Waals surface area contributed by atoms with Crippen LogP contribution in [0.4, 0.5) is 0 Å². The molecule has 1 fully saturated rings. The maximum absolute atomic E-state index is 11.9. The van der Waals surface area contributed by atoms with Crippen LogP contribution >= 0.6 is 24.0 Å². The Morgan fingerprint density at radius 2 is 2.00 bits per heavy atom. The second-order valence-electron chi connectivity index (χ2n) is 7.27. The minimum atomic E-state index is 0. The van der Waals surface area contributed by atoms with Crippen LogP contribution in [0.3, 0.4) is 0 Å². The molecule has 1 aliphatic rings. The Hall–Kier alpha value is -1.42. The summed E-state index contributed by atoms with van der Waals surface area (Å²) in [6.45, 7) is 13.8. The molecule has 1 aliphatic heterocycles. The van der Waals surface area contributed by atoms with E-state index in [-0.39, 0.29) is 35.9 Å². The zero-order chi connectivity index (χ0) is 19.6. The van der Waals surface area contributed by atoms with Crippen molar-refractivity contribution >= 4 is 35.8 Å². The molecule has 0 bridgehead atoms. The molecule has 158 valence electrons. The lowest BCUT2D eigenvalue weighted by atomic mass is 10.1. The molecule has 0 unspecified atom stereocenters. The van der Waals surface area contributed by atoms with Crippen molar-refractivity contribution in [1.29, 1.82) is 0 Å². The number of aromatic nitrogens is 1. The Kier molecular flexibility index (Phi) is 11.4. The smallest absolute Gasteiger partial charge is 0.234 e. The Morgan fingerprint density at radius 3 is 2.61 bits per heavy atom. The molecule has 1 aromatic rings. The average molecular weight is 502 g/mol. The molecule has 2 heterocycles. The summed E-state index contributed by atoms with van der Waals surface area (Å²) in [6, 6.07) is 2.26. The summed E-state index contributed by atoms with van der Waals surface area (Å²) < 4.78 is 0. The molecule has 0 aromatic carbocycles. The molecule has 0 atom stereocenters. The highest BCUT2D eigenvalue weighted by Gasteiger charge is 2.21. The van der Waals surface area contributed by atoms with E-state index < -0.39 is 0 Å². The number of carbonyl (C=O) groups excluding carboxylic acids is 1. The predicted octanol–water partition coefficient (Wildman–Crippen LogP) is 1.66. The van der Waals surface area contributed by atoms with Gasteiger partial charge in [0.15, 0.2) is 5.96 Å². The minimum Gasteiger partial charge on any atom is -0.357 e. The van der Waals surface area contributed by atoms with Crippen molar-refractivity contribution in [3.8, 4) is 0 Å². The topological polar surface area (TPSA) is 72.9 Å². The van der Waals surface area contributed by atoms with E-state index in [9.17, 15) is 4.79 Å². The predicted molar refractivity (Wildman–Crippen MR) is 125 cm³/mol. The van der Waals surface area contributed by atoms with Crippen LogP contribution in [0.25, 0.3) is 0 Å². The Labute approximate surface area is 186 Å². The SMILES string of the molecule is CCNC(=NCCc1ccncc1C)N1CCN(CC(=O)NC(C)C)CC1.I. The Bertz CT molecular complexity index is 629. The van der Waals surface area contributed by atoms with Crippen molar-refractivity contribution in [2.24, 2.45) is 4.99 Å². The number of amides is 1. The average Bonchev–Trinajstić information content (AvgIpc) is 2.62. The fourth-order valence-electron chi connectivity index (χ4n) is 3.18. The highest BCUT2D eigenvalue weighted by atomic mass is 127.